The smallest absolute Gasteiger partial charge is 0.0153 e. The Bertz CT molecular complexity index is 197. The maximum absolute atomic E-state index is 5.81. The lowest BCUT2D eigenvalue weighted by Gasteiger charge is -2.29. The molecular weight excluding hydrogens is 184 g/mol. The van der Waals surface area contributed by atoms with Crippen LogP contribution in [0.3, 0.4) is 0 Å². The lowest BCUT2D eigenvalue weighted by Crippen LogP contribution is -2.43. The Hall–Kier alpha value is -0.0800. The normalized spacial score (nSPS) is 34.8. The van der Waals surface area contributed by atoms with E-state index in [9.17, 15) is 0 Å². The molecular formula is C13H26N2. The van der Waals surface area contributed by atoms with Gasteiger partial charge in [-0.2, -0.15) is 0 Å². The SMILES string of the molecule is CC1(NCC2CCCC2CN)CCCC1. The highest BCUT2D eigenvalue weighted by molar-refractivity contribution is 4.90. The third-order valence-electron chi connectivity index (χ3n) is 4.62. The minimum absolute atomic E-state index is 0.446. The second-order valence-electron chi connectivity index (χ2n) is 5.84. The molecule has 0 aliphatic heterocycles. The minimum atomic E-state index is 0.446. The lowest BCUT2D eigenvalue weighted by molar-refractivity contribution is 0.296. The van der Waals surface area contributed by atoms with Crippen molar-refractivity contribution in [2.75, 3.05) is 13.1 Å². The zero-order valence-electron chi connectivity index (χ0n) is 10.1. The maximum Gasteiger partial charge on any atom is 0.0153 e. The molecule has 15 heavy (non-hydrogen) atoms. The van der Waals surface area contributed by atoms with Crippen molar-refractivity contribution < 1.29 is 0 Å². The van der Waals surface area contributed by atoms with E-state index >= 15 is 0 Å². The molecule has 2 saturated carbocycles. The molecule has 2 aliphatic carbocycles. The molecule has 0 bridgehead atoms. The average molecular weight is 210 g/mol. The number of rotatable bonds is 4. The molecule has 0 spiro atoms. The molecule has 2 atom stereocenters. The highest BCUT2D eigenvalue weighted by Crippen LogP contribution is 2.33. The third kappa shape index (κ3) is 2.73. The molecule has 2 unspecified atom stereocenters. The van der Waals surface area contributed by atoms with Gasteiger partial charge in [-0.15, -0.1) is 0 Å². The third-order valence-corrected chi connectivity index (χ3v) is 4.62. The summed E-state index contributed by atoms with van der Waals surface area (Å²) in [5.74, 6) is 1.65. The van der Waals surface area contributed by atoms with Crippen LogP contribution in [0.4, 0.5) is 0 Å². The zero-order chi connectivity index (χ0) is 10.7. The van der Waals surface area contributed by atoms with Crippen molar-refractivity contribution in [1.29, 1.82) is 0 Å². The fourth-order valence-electron chi connectivity index (χ4n) is 3.40. The first-order valence-electron chi connectivity index (χ1n) is 6.69. The van der Waals surface area contributed by atoms with Gasteiger partial charge >= 0.3 is 0 Å². The molecule has 0 radical (unpaired) electrons. The lowest BCUT2D eigenvalue weighted by atomic mass is 9.93. The molecule has 3 N–H and O–H groups in total. The van der Waals surface area contributed by atoms with Gasteiger partial charge in [-0.25, -0.2) is 0 Å². The summed E-state index contributed by atoms with van der Waals surface area (Å²) in [6, 6.07) is 0. The molecule has 0 aromatic rings. The highest BCUT2D eigenvalue weighted by Gasteiger charge is 2.31. The monoisotopic (exact) mass is 210 g/mol. The Balaban J connectivity index is 1.77. The first-order valence-corrected chi connectivity index (χ1v) is 6.69. The van der Waals surface area contributed by atoms with Crippen molar-refractivity contribution in [3.05, 3.63) is 0 Å². The Morgan fingerprint density at radius 1 is 1.13 bits per heavy atom. The standard InChI is InChI=1S/C13H26N2/c1-13(7-2-3-8-13)15-10-12-6-4-5-11(12)9-14/h11-12,15H,2-10,14H2,1H3. The molecule has 2 nitrogen and oxygen atoms in total. The predicted molar refractivity (Wildman–Crippen MR) is 64.8 cm³/mol. The summed E-state index contributed by atoms with van der Waals surface area (Å²) in [6.45, 7) is 4.49. The summed E-state index contributed by atoms with van der Waals surface area (Å²) in [4.78, 5) is 0. The summed E-state index contributed by atoms with van der Waals surface area (Å²) < 4.78 is 0. The predicted octanol–water partition coefficient (Wildman–Crippen LogP) is 2.28. The fourth-order valence-corrected chi connectivity index (χ4v) is 3.40. The number of nitrogens with one attached hydrogen (secondary N) is 1. The first kappa shape index (κ1) is 11.4. The van der Waals surface area contributed by atoms with Gasteiger partial charge in [-0.05, 0) is 57.5 Å². The Kier molecular flexibility index (Phi) is 3.68. The van der Waals surface area contributed by atoms with Crippen molar-refractivity contribution in [3.8, 4) is 0 Å². The second kappa shape index (κ2) is 4.84. The van der Waals surface area contributed by atoms with Gasteiger partial charge in [-0.3, -0.25) is 0 Å². The van der Waals surface area contributed by atoms with Crippen LogP contribution in [0.15, 0.2) is 0 Å². The van der Waals surface area contributed by atoms with Crippen molar-refractivity contribution in [3.63, 3.8) is 0 Å². The van der Waals surface area contributed by atoms with E-state index in [1.165, 1.54) is 51.5 Å². The van der Waals surface area contributed by atoms with Crippen LogP contribution >= 0.6 is 0 Å². The molecule has 0 saturated heterocycles. The van der Waals surface area contributed by atoms with E-state index in [-0.39, 0.29) is 0 Å². The van der Waals surface area contributed by atoms with Crippen molar-refractivity contribution in [2.24, 2.45) is 17.6 Å². The van der Waals surface area contributed by atoms with Crippen LogP contribution in [0.1, 0.15) is 51.9 Å². The number of hydrogen-bond acceptors (Lipinski definition) is 2. The van der Waals surface area contributed by atoms with Crippen molar-refractivity contribution in [1.82, 2.24) is 5.32 Å². The Morgan fingerprint density at radius 3 is 2.47 bits per heavy atom. The van der Waals surface area contributed by atoms with Crippen LogP contribution in [-0.2, 0) is 0 Å². The molecule has 2 aliphatic rings. The topological polar surface area (TPSA) is 38.0 Å². The average Bonchev–Trinajstić information content (AvgIpc) is 2.84. The molecule has 88 valence electrons. The van der Waals surface area contributed by atoms with Gasteiger partial charge in [0.05, 0.1) is 0 Å². The van der Waals surface area contributed by atoms with Gasteiger partial charge in [0.1, 0.15) is 0 Å². The number of hydrogen-bond donors (Lipinski definition) is 2. The highest BCUT2D eigenvalue weighted by atomic mass is 15.0. The number of nitrogens with two attached hydrogens (primary N) is 1. The van der Waals surface area contributed by atoms with Gasteiger partial charge in [0.2, 0.25) is 0 Å². The van der Waals surface area contributed by atoms with Crippen LogP contribution in [-0.4, -0.2) is 18.6 Å². The van der Waals surface area contributed by atoms with Crippen LogP contribution in [0.25, 0.3) is 0 Å². The molecule has 0 aromatic heterocycles. The van der Waals surface area contributed by atoms with E-state index in [2.05, 4.69) is 12.2 Å². The van der Waals surface area contributed by atoms with Crippen LogP contribution in [0.5, 0.6) is 0 Å². The second-order valence-corrected chi connectivity index (χ2v) is 5.84. The fraction of sp³-hybridized carbons (Fsp3) is 1.00. The molecule has 0 aromatic carbocycles. The summed E-state index contributed by atoms with van der Waals surface area (Å²) in [6.07, 6.45) is 9.71. The van der Waals surface area contributed by atoms with E-state index < -0.39 is 0 Å². The molecule has 0 heterocycles. The van der Waals surface area contributed by atoms with Gasteiger partial charge in [0.15, 0.2) is 0 Å². The Morgan fingerprint density at radius 2 is 1.80 bits per heavy atom. The summed E-state index contributed by atoms with van der Waals surface area (Å²) in [5.41, 5.74) is 6.26. The largest absolute Gasteiger partial charge is 0.330 e. The van der Waals surface area contributed by atoms with Gasteiger partial charge in [0.25, 0.3) is 0 Å². The molecule has 0 amide bonds. The quantitative estimate of drug-likeness (QED) is 0.747. The van der Waals surface area contributed by atoms with E-state index in [4.69, 9.17) is 5.73 Å². The van der Waals surface area contributed by atoms with E-state index in [0.717, 1.165) is 18.4 Å². The van der Waals surface area contributed by atoms with Crippen LogP contribution in [0.2, 0.25) is 0 Å². The van der Waals surface area contributed by atoms with Gasteiger partial charge < -0.3 is 11.1 Å². The molecule has 2 rings (SSSR count). The van der Waals surface area contributed by atoms with Crippen molar-refractivity contribution in [2.45, 2.75) is 57.4 Å². The minimum Gasteiger partial charge on any atom is -0.330 e. The van der Waals surface area contributed by atoms with Crippen LogP contribution in [0, 0.1) is 11.8 Å². The first-order chi connectivity index (χ1) is 7.23. The van der Waals surface area contributed by atoms with E-state index in [0.29, 0.717) is 5.54 Å². The van der Waals surface area contributed by atoms with Crippen LogP contribution < -0.4 is 11.1 Å². The van der Waals surface area contributed by atoms with Gasteiger partial charge in [-0.1, -0.05) is 19.3 Å². The summed E-state index contributed by atoms with van der Waals surface area (Å²) in [5, 5.41) is 3.81. The summed E-state index contributed by atoms with van der Waals surface area (Å²) in [7, 11) is 0. The Labute approximate surface area is 94.0 Å². The van der Waals surface area contributed by atoms with E-state index in [1.54, 1.807) is 0 Å². The molecule has 2 fully saturated rings. The summed E-state index contributed by atoms with van der Waals surface area (Å²) >= 11 is 0. The van der Waals surface area contributed by atoms with Gasteiger partial charge in [0, 0.05) is 5.54 Å². The maximum atomic E-state index is 5.81. The van der Waals surface area contributed by atoms with E-state index in [1.807, 2.05) is 0 Å². The molecule has 2 heteroatoms. The zero-order valence-corrected chi connectivity index (χ0v) is 10.1. The van der Waals surface area contributed by atoms with Crippen molar-refractivity contribution >= 4 is 0 Å².